The van der Waals surface area contributed by atoms with Crippen LogP contribution in [0, 0.1) is 0 Å². The maximum Gasteiger partial charge on any atom is 0.248 e. The molecule has 0 aliphatic rings. The van der Waals surface area contributed by atoms with Crippen LogP contribution in [-0.4, -0.2) is 50.8 Å². The van der Waals surface area contributed by atoms with Gasteiger partial charge in [0.1, 0.15) is 0 Å². The van der Waals surface area contributed by atoms with Gasteiger partial charge in [0.25, 0.3) is 0 Å². The lowest BCUT2D eigenvalue weighted by Gasteiger charge is -2.18. The molecular formula is C41H85O5P. The van der Waals surface area contributed by atoms with Crippen molar-refractivity contribution in [3.63, 3.8) is 0 Å². The molecule has 0 aromatic rings. The summed E-state index contributed by atoms with van der Waals surface area (Å²) in [6.45, 7) is 7.64. The van der Waals surface area contributed by atoms with Crippen molar-refractivity contribution in [2.24, 2.45) is 0 Å². The molecule has 0 radical (unpaired) electrons. The number of ether oxygens (including phenoxy) is 2. The summed E-state index contributed by atoms with van der Waals surface area (Å²) in [5.41, 5.74) is 0. The summed E-state index contributed by atoms with van der Waals surface area (Å²) in [6, 6.07) is 0. The third kappa shape index (κ3) is 42.2. The van der Waals surface area contributed by atoms with Crippen LogP contribution in [0.3, 0.4) is 0 Å². The number of hydrogen-bond acceptors (Lipinski definition) is 5. The van der Waals surface area contributed by atoms with Gasteiger partial charge in [-0.25, -0.2) is 0 Å². The van der Waals surface area contributed by atoms with Crippen LogP contribution in [0.4, 0.5) is 0 Å². The van der Waals surface area contributed by atoms with Crippen molar-refractivity contribution < 1.29 is 23.4 Å². The molecule has 0 heterocycles. The largest absolute Gasteiger partial charge is 0.379 e. The van der Waals surface area contributed by atoms with Crippen molar-refractivity contribution in [1.29, 1.82) is 0 Å². The average molecular weight is 689 g/mol. The molecule has 0 spiro atoms. The Morgan fingerprint density at radius 2 is 0.532 bits per heavy atom. The van der Waals surface area contributed by atoms with E-state index < -0.39 is 7.57 Å². The predicted octanol–water partition coefficient (Wildman–Crippen LogP) is 13.8. The first-order chi connectivity index (χ1) is 23.1. The highest BCUT2D eigenvalue weighted by Crippen LogP contribution is 2.42. The standard InChI is InChI=1S/C41H85O5P/c1-4-6-8-10-12-14-16-18-20-22-24-26-28-30-32-34-36-43-38-40-45-47(3,42)46-41-39-44-37-35-33-31-29-27-25-23-21-19-17-15-13-11-9-7-5-2/h42H,3-41H2,1-2H3. The van der Waals surface area contributed by atoms with Crippen molar-refractivity contribution >= 4 is 13.9 Å². The van der Waals surface area contributed by atoms with Gasteiger partial charge >= 0.3 is 0 Å². The SMILES string of the molecule is C=P(O)(OCCOCCCCCCCCCCCCCCCCCC)OCCOCCCCCCCCCCCCCCCCCC. The molecule has 0 bridgehead atoms. The van der Waals surface area contributed by atoms with Gasteiger partial charge in [-0.1, -0.05) is 206 Å². The van der Waals surface area contributed by atoms with E-state index in [9.17, 15) is 4.89 Å². The first kappa shape index (κ1) is 47.1. The van der Waals surface area contributed by atoms with Gasteiger partial charge < -0.3 is 23.4 Å². The van der Waals surface area contributed by atoms with Crippen molar-refractivity contribution in [3.8, 4) is 0 Å². The minimum atomic E-state index is -3.04. The van der Waals surface area contributed by atoms with Gasteiger partial charge in [0.15, 0.2) is 0 Å². The molecule has 0 saturated carbocycles. The third-order valence-electron chi connectivity index (χ3n) is 9.33. The van der Waals surface area contributed by atoms with Crippen LogP contribution in [0.1, 0.15) is 219 Å². The molecule has 0 fully saturated rings. The lowest BCUT2D eigenvalue weighted by molar-refractivity contribution is 0.0695. The second kappa shape index (κ2) is 40.5. The Kier molecular flexibility index (Phi) is 40.6. The molecule has 0 aliphatic carbocycles. The molecular weight excluding hydrogens is 603 g/mol. The van der Waals surface area contributed by atoms with E-state index >= 15 is 0 Å². The Morgan fingerprint density at radius 1 is 0.319 bits per heavy atom. The van der Waals surface area contributed by atoms with Crippen LogP contribution >= 0.6 is 7.57 Å². The predicted molar refractivity (Wildman–Crippen MR) is 209 cm³/mol. The fourth-order valence-electron chi connectivity index (χ4n) is 6.22. The second-order valence-electron chi connectivity index (χ2n) is 14.1. The van der Waals surface area contributed by atoms with Crippen LogP contribution in [0.2, 0.25) is 0 Å². The zero-order valence-electron chi connectivity index (χ0n) is 32.1. The van der Waals surface area contributed by atoms with Crippen molar-refractivity contribution in [2.45, 2.75) is 219 Å². The highest BCUT2D eigenvalue weighted by molar-refractivity contribution is 7.58. The Morgan fingerprint density at radius 3 is 0.766 bits per heavy atom. The summed E-state index contributed by atoms with van der Waals surface area (Å²) in [4.78, 5) is 10.3. The number of hydrogen-bond donors (Lipinski definition) is 1. The van der Waals surface area contributed by atoms with Gasteiger partial charge in [0.05, 0.1) is 26.4 Å². The van der Waals surface area contributed by atoms with E-state index in [-0.39, 0.29) is 0 Å². The summed E-state index contributed by atoms with van der Waals surface area (Å²) in [6.07, 6.45) is 47.7. The fourth-order valence-corrected chi connectivity index (χ4v) is 7.02. The second-order valence-corrected chi connectivity index (χ2v) is 15.9. The van der Waals surface area contributed by atoms with Gasteiger partial charge in [0, 0.05) is 13.2 Å². The average Bonchev–Trinajstić information content (AvgIpc) is 3.06. The number of unbranched alkanes of at least 4 members (excludes halogenated alkanes) is 30. The number of rotatable bonds is 42. The Labute approximate surface area is 295 Å². The minimum absolute atomic E-state index is 0.312. The molecule has 0 aromatic carbocycles. The molecule has 0 amide bonds. The smallest absolute Gasteiger partial charge is 0.248 e. The quantitative estimate of drug-likeness (QED) is 0.0511. The summed E-state index contributed by atoms with van der Waals surface area (Å²) >= 11 is 0. The van der Waals surface area contributed by atoms with Crippen molar-refractivity contribution in [2.75, 3.05) is 39.6 Å². The van der Waals surface area contributed by atoms with E-state index in [0.717, 1.165) is 26.1 Å². The van der Waals surface area contributed by atoms with Crippen LogP contribution in [0.15, 0.2) is 0 Å². The zero-order chi connectivity index (χ0) is 34.2. The summed E-state index contributed by atoms with van der Waals surface area (Å²) in [5, 5.41) is 0. The van der Waals surface area contributed by atoms with Crippen LogP contribution in [0.5, 0.6) is 0 Å². The molecule has 284 valence electrons. The van der Waals surface area contributed by atoms with Gasteiger partial charge in [-0.05, 0) is 19.1 Å². The molecule has 0 unspecified atom stereocenters. The van der Waals surface area contributed by atoms with Crippen LogP contribution in [-0.2, 0) is 18.5 Å². The molecule has 0 aromatic heterocycles. The highest BCUT2D eigenvalue weighted by atomic mass is 31.2. The monoisotopic (exact) mass is 689 g/mol. The Bertz CT molecular complexity index is 569. The molecule has 47 heavy (non-hydrogen) atoms. The van der Waals surface area contributed by atoms with E-state index in [0.29, 0.717) is 26.4 Å². The highest BCUT2D eigenvalue weighted by Gasteiger charge is 2.11. The first-order valence-electron chi connectivity index (χ1n) is 21.0. The van der Waals surface area contributed by atoms with Gasteiger partial charge in [-0.3, -0.25) is 0 Å². The van der Waals surface area contributed by atoms with Gasteiger partial charge in [-0.15, -0.1) is 0 Å². The Hall–Kier alpha value is 0.100. The molecule has 6 heteroatoms. The van der Waals surface area contributed by atoms with Crippen LogP contribution < -0.4 is 0 Å². The minimum Gasteiger partial charge on any atom is -0.379 e. The van der Waals surface area contributed by atoms with Crippen molar-refractivity contribution in [3.05, 3.63) is 0 Å². The van der Waals surface area contributed by atoms with E-state index in [1.165, 1.54) is 193 Å². The Balaban J connectivity index is 3.25. The molecule has 0 atom stereocenters. The van der Waals surface area contributed by atoms with Crippen molar-refractivity contribution in [1.82, 2.24) is 0 Å². The van der Waals surface area contributed by atoms with E-state index in [2.05, 4.69) is 20.1 Å². The molecule has 5 nitrogen and oxygen atoms in total. The summed E-state index contributed by atoms with van der Waals surface area (Å²) in [5.74, 6) is 0. The fraction of sp³-hybridized carbons (Fsp3) is 0.976. The lowest BCUT2D eigenvalue weighted by atomic mass is 10.0. The third-order valence-corrected chi connectivity index (χ3v) is 10.5. The molecule has 0 aliphatic heterocycles. The molecule has 0 saturated heterocycles. The normalized spacial score (nSPS) is 12.0. The lowest BCUT2D eigenvalue weighted by Crippen LogP contribution is -2.08. The van der Waals surface area contributed by atoms with Crippen LogP contribution in [0.25, 0.3) is 0 Å². The topological polar surface area (TPSA) is 57.2 Å². The van der Waals surface area contributed by atoms with E-state index in [1.54, 1.807) is 0 Å². The molecule has 1 N–H and O–H groups in total. The van der Waals surface area contributed by atoms with E-state index in [4.69, 9.17) is 18.5 Å². The molecule has 0 rings (SSSR count). The van der Waals surface area contributed by atoms with E-state index in [1.807, 2.05) is 0 Å². The van der Waals surface area contributed by atoms with Gasteiger partial charge in [0.2, 0.25) is 7.57 Å². The maximum atomic E-state index is 10.3. The summed E-state index contributed by atoms with van der Waals surface area (Å²) in [7, 11) is -3.04. The zero-order valence-corrected chi connectivity index (χ0v) is 33.0. The van der Waals surface area contributed by atoms with Gasteiger partial charge in [-0.2, -0.15) is 0 Å². The first-order valence-corrected chi connectivity index (χ1v) is 22.8. The maximum absolute atomic E-state index is 10.3. The summed E-state index contributed by atoms with van der Waals surface area (Å²) < 4.78 is 22.3.